The van der Waals surface area contributed by atoms with Crippen LogP contribution in [-0.2, 0) is 16.0 Å². The van der Waals surface area contributed by atoms with Crippen molar-refractivity contribution in [3.05, 3.63) is 35.4 Å². The number of carboxylic acid groups (broad SMARTS) is 1. The summed E-state index contributed by atoms with van der Waals surface area (Å²) < 4.78 is 1.89. The Balaban J connectivity index is 0.000000260. The van der Waals surface area contributed by atoms with Crippen LogP contribution in [0.4, 0.5) is 0 Å². The average Bonchev–Trinajstić information content (AvgIpc) is 2.78. The van der Waals surface area contributed by atoms with Gasteiger partial charge in [0.2, 0.25) is 0 Å². The van der Waals surface area contributed by atoms with E-state index in [9.17, 15) is 9.59 Å². The molecule has 146 valence electrons. The lowest BCUT2D eigenvalue weighted by Crippen LogP contribution is -2.48. The van der Waals surface area contributed by atoms with Crippen LogP contribution in [0.2, 0.25) is 0 Å². The number of hydrogen-bond acceptors (Lipinski definition) is 7. The summed E-state index contributed by atoms with van der Waals surface area (Å²) >= 11 is 6.04. The minimum atomic E-state index is -2.25. The van der Waals surface area contributed by atoms with E-state index in [1.165, 1.54) is 11.1 Å². The van der Waals surface area contributed by atoms with Crippen molar-refractivity contribution in [3.63, 3.8) is 0 Å². The van der Waals surface area contributed by atoms with Crippen molar-refractivity contribution in [2.24, 2.45) is 0 Å². The normalized spacial score (nSPS) is 21.8. The maximum Gasteiger partial charge on any atom is 0.335 e. The molecule has 0 bridgehead atoms. The summed E-state index contributed by atoms with van der Waals surface area (Å²) in [7, 11) is 0. The number of aliphatic hydroxyl groups excluding tert-OH is 4. The van der Waals surface area contributed by atoms with Crippen molar-refractivity contribution in [1.29, 1.82) is 0 Å². The molecule has 0 aromatic heterocycles. The lowest BCUT2D eigenvalue weighted by molar-refractivity contribution is -0.163. The van der Waals surface area contributed by atoms with Crippen LogP contribution in [0.3, 0.4) is 0 Å². The summed E-state index contributed by atoms with van der Waals surface area (Å²) in [6.45, 7) is 4.15. The molecule has 1 heterocycles. The highest BCUT2D eigenvalue weighted by Gasteiger charge is 2.34. The van der Waals surface area contributed by atoms with Crippen molar-refractivity contribution in [1.82, 2.24) is 4.42 Å². The molecule has 9 heteroatoms. The number of benzene rings is 1. The van der Waals surface area contributed by atoms with Gasteiger partial charge in [-0.25, -0.2) is 9.21 Å². The fourth-order valence-corrected chi connectivity index (χ4v) is 2.88. The van der Waals surface area contributed by atoms with Gasteiger partial charge < -0.3 is 30.3 Å². The second-order valence-electron chi connectivity index (χ2n) is 6.11. The standard InChI is InChI=1S/C11H14ClN.C6H10O7/c1-9-8-13(12)7-6-10-4-2-3-5-11(9)10;7-1-2(8)3(9)4(10)5(11)6(12)13/h2-5,9H,6-8H2,1H3;1-5,8-11H,(H,12,13)/t9-;2-,3+,4-,5-/m10/s1. The zero-order valence-electron chi connectivity index (χ0n) is 14.3. The lowest BCUT2D eigenvalue weighted by Gasteiger charge is -2.21. The number of carboxylic acids is 1. The molecule has 5 atom stereocenters. The molecule has 0 radical (unpaired) electrons. The van der Waals surface area contributed by atoms with Gasteiger partial charge in [0.1, 0.15) is 18.3 Å². The Morgan fingerprint density at radius 2 is 1.85 bits per heavy atom. The molecule has 0 aliphatic carbocycles. The second-order valence-corrected chi connectivity index (χ2v) is 6.59. The van der Waals surface area contributed by atoms with Gasteiger partial charge in [0.25, 0.3) is 0 Å². The Hall–Kier alpha value is -1.55. The van der Waals surface area contributed by atoms with Crippen LogP contribution < -0.4 is 0 Å². The number of halogens is 1. The fourth-order valence-electron chi connectivity index (χ4n) is 2.59. The van der Waals surface area contributed by atoms with Crippen molar-refractivity contribution in [3.8, 4) is 0 Å². The zero-order chi connectivity index (χ0) is 19.9. The molecule has 0 fully saturated rings. The number of aliphatic hydroxyl groups is 4. The lowest BCUT2D eigenvalue weighted by atomic mass is 9.96. The minimum absolute atomic E-state index is 0.0809. The van der Waals surface area contributed by atoms with Gasteiger partial charge in [-0.05, 0) is 35.2 Å². The van der Waals surface area contributed by atoms with Gasteiger partial charge in [-0.3, -0.25) is 0 Å². The molecule has 0 saturated heterocycles. The van der Waals surface area contributed by atoms with Crippen molar-refractivity contribution in [2.45, 2.75) is 43.7 Å². The highest BCUT2D eigenvalue weighted by atomic mass is 35.5. The van der Waals surface area contributed by atoms with Crippen LogP contribution in [-0.4, -0.2) is 79.7 Å². The van der Waals surface area contributed by atoms with E-state index in [4.69, 9.17) is 37.3 Å². The van der Waals surface area contributed by atoms with Crippen molar-refractivity contribution in [2.75, 3.05) is 13.1 Å². The Bertz CT molecular complexity index is 600. The molecule has 1 aliphatic heterocycles. The van der Waals surface area contributed by atoms with Crippen LogP contribution in [0, 0.1) is 0 Å². The molecular weight excluding hydrogens is 366 g/mol. The summed E-state index contributed by atoms with van der Waals surface area (Å²) in [5, 5.41) is 43.2. The van der Waals surface area contributed by atoms with E-state index in [0.717, 1.165) is 19.5 Å². The minimum Gasteiger partial charge on any atom is -0.479 e. The topological polar surface area (TPSA) is 139 Å². The number of carbonyl (C=O) groups is 2. The summed E-state index contributed by atoms with van der Waals surface area (Å²) in [4.78, 5) is 20.0. The first kappa shape index (κ1) is 22.5. The SMILES string of the molecule is C[C@@H]1CN(Cl)CCc2ccccc21.O=C[C@H](O)[C@@H](O)[C@H](O)[C@H](O)C(=O)O. The van der Waals surface area contributed by atoms with Gasteiger partial charge in [0, 0.05) is 13.1 Å². The Morgan fingerprint density at radius 3 is 2.42 bits per heavy atom. The summed E-state index contributed by atoms with van der Waals surface area (Å²) in [5.41, 5.74) is 2.92. The number of rotatable bonds is 5. The quantitative estimate of drug-likeness (QED) is 0.336. The largest absolute Gasteiger partial charge is 0.479 e. The molecule has 5 N–H and O–H groups in total. The van der Waals surface area contributed by atoms with Crippen LogP contribution in [0.25, 0.3) is 0 Å². The smallest absolute Gasteiger partial charge is 0.335 e. The molecule has 0 unspecified atom stereocenters. The first-order valence-electron chi connectivity index (χ1n) is 8.07. The third-order valence-corrected chi connectivity index (χ3v) is 4.40. The molecule has 1 aromatic carbocycles. The molecule has 0 saturated carbocycles. The third kappa shape index (κ3) is 6.31. The Kier molecular flexibility index (Phi) is 9.14. The van der Waals surface area contributed by atoms with Gasteiger partial charge in [0.15, 0.2) is 12.4 Å². The number of nitrogens with zero attached hydrogens (tertiary/aromatic N) is 1. The molecular formula is C17H24ClNO7. The molecule has 1 aliphatic rings. The number of aldehydes is 1. The second kappa shape index (κ2) is 10.6. The summed E-state index contributed by atoms with van der Waals surface area (Å²) in [6.07, 6.45) is -7.32. The molecule has 26 heavy (non-hydrogen) atoms. The van der Waals surface area contributed by atoms with E-state index in [1.807, 2.05) is 4.42 Å². The van der Waals surface area contributed by atoms with E-state index in [2.05, 4.69) is 31.2 Å². The van der Waals surface area contributed by atoms with Crippen molar-refractivity contribution < 1.29 is 35.1 Å². The first-order valence-corrected chi connectivity index (χ1v) is 8.41. The number of aliphatic carboxylic acids is 1. The highest BCUT2D eigenvalue weighted by Crippen LogP contribution is 2.25. The van der Waals surface area contributed by atoms with Crippen molar-refractivity contribution >= 4 is 24.0 Å². The molecule has 2 rings (SSSR count). The van der Waals surface area contributed by atoms with Gasteiger partial charge in [0.05, 0.1) is 0 Å². The average molecular weight is 390 g/mol. The van der Waals surface area contributed by atoms with Gasteiger partial charge >= 0.3 is 5.97 Å². The van der Waals surface area contributed by atoms with E-state index < -0.39 is 30.4 Å². The monoisotopic (exact) mass is 389 g/mol. The predicted molar refractivity (Wildman–Crippen MR) is 93.7 cm³/mol. The van der Waals surface area contributed by atoms with Crippen LogP contribution in [0.5, 0.6) is 0 Å². The Labute approximate surface area is 156 Å². The van der Waals surface area contributed by atoms with Crippen LogP contribution in [0.1, 0.15) is 24.0 Å². The van der Waals surface area contributed by atoms with Crippen LogP contribution >= 0.6 is 11.8 Å². The van der Waals surface area contributed by atoms with Gasteiger partial charge in [-0.2, -0.15) is 0 Å². The third-order valence-electron chi connectivity index (χ3n) is 4.10. The predicted octanol–water partition coefficient (Wildman–Crippen LogP) is -0.485. The number of carbonyl (C=O) groups excluding carboxylic acids is 1. The van der Waals surface area contributed by atoms with E-state index >= 15 is 0 Å². The number of hydrogen-bond donors (Lipinski definition) is 5. The Morgan fingerprint density at radius 1 is 1.23 bits per heavy atom. The maximum absolute atomic E-state index is 10.1. The summed E-state index contributed by atoms with van der Waals surface area (Å²) in [6, 6.07) is 8.65. The van der Waals surface area contributed by atoms with E-state index in [-0.39, 0.29) is 6.29 Å². The maximum atomic E-state index is 10.1. The molecule has 0 amide bonds. The van der Waals surface area contributed by atoms with E-state index in [1.54, 1.807) is 0 Å². The number of fused-ring (bicyclic) bond motifs is 1. The highest BCUT2D eigenvalue weighted by molar-refractivity contribution is 6.13. The zero-order valence-corrected chi connectivity index (χ0v) is 15.0. The van der Waals surface area contributed by atoms with E-state index in [0.29, 0.717) is 5.92 Å². The summed E-state index contributed by atoms with van der Waals surface area (Å²) in [5.74, 6) is -1.21. The fraction of sp³-hybridized carbons (Fsp3) is 0.529. The molecule has 8 nitrogen and oxygen atoms in total. The molecule has 1 aromatic rings. The van der Waals surface area contributed by atoms with Gasteiger partial charge in [-0.15, -0.1) is 0 Å². The van der Waals surface area contributed by atoms with Gasteiger partial charge in [-0.1, -0.05) is 31.2 Å². The molecule has 0 spiro atoms. The first-order chi connectivity index (χ1) is 12.2. The van der Waals surface area contributed by atoms with Crippen LogP contribution in [0.15, 0.2) is 24.3 Å².